The van der Waals surface area contributed by atoms with Crippen LogP contribution in [0.5, 0.6) is 0 Å². The zero-order valence-corrected chi connectivity index (χ0v) is 10.7. The zero-order chi connectivity index (χ0) is 12.2. The molecule has 1 aliphatic rings. The molecular formula is C12H14ClN3O. The van der Waals surface area contributed by atoms with Crippen LogP contribution in [0.2, 0.25) is 5.15 Å². The Balaban J connectivity index is 2.23. The maximum atomic E-state index is 12.1. The number of aryl methyl sites for hydroxylation is 1. The number of hydrogen-bond acceptors (Lipinski definition) is 2. The Hall–Kier alpha value is -1.29. The van der Waals surface area contributed by atoms with Gasteiger partial charge in [-0.05, 0) is 30.4 Å². The molecule has 0 aromatic carbocycles. The van der Waals surface area contributed by atoms with Crippen LogP contribution in [0.1, 0.15) is 19.8 Å². The van der Waals surface area contributed by atoms with Crippen molar-refractivity contribution >= 4 is 22.8 Å². The van der Waals surface area contributed by atoms with Crippen LogP contribution in [0.4, 0.5) is 0 Å². The van der Waals surface area contributed by atoms with Gasteiger partial charge in [-0.25, -0.2) is 9.78 Å². The van der Waals surface area contributed by atoms with Crippen LogP contribution in [0.25, 0.3) is 11.2 Å². The fraction of sp³-hybridized carbons (Fsp3) is 0.500. The van der Waals surface area contributed by atoms with Crippen LogP contribution in [0.3, 0.4) is 0 Å². The van der Waals surface area contributed by atoms with Crippen molar-refractivity contribution in [3.63, 3.8) is 0 Å². The van der Waals surface area contributed by atoms with E-state index in [4.69, 9.17) is 11.6 Å². The molecule has 0 saturated heterocycles. The van der Waals surface area contributed by atoms with Gasteiger partial charge in [-0.3, -0.25) is 9.13 Å². The van der Waals surface area contributed by atoms with Gasteiger partial charge < -0.3 is 0 Å². The standard InChI is InChI=1S/C12H14ClN3O/c1-12(5-6-12)7-16-8-3-4-9(13)14-10(8)15(2)11(16)17/h3-4H,5-7H2,1-2H3. The molecule has 0 bridgehead atoms. The summed E-state index contributed by atoms with van der Waals surface area (Å²) in [4.78, 5) is 16.4. The summed E-state index contributed by atoms with van der Waals surface area (Å²) in [5.74, 6) is 0. The SMILES string of the molecule is Cn1c(=O)n(CC2(C)CC2)c2ccc(Cl)nc21. The third-order valence-electron chi connectivity index (χ3n) is 3.59. The molecule has 17 heavy (non-hydrogen) atoms. The molecule has 5 heteroatoms. The Bertz CT molecular complexity index is 652. The highest BCUT2D eigenvalue weighted by Crippen LogP contribution is 2.46. The summed E-state index contributed by atoms with van der Waals surface area (Å²) in [6.07, 6.45) is 2.38. The summed E-state index contributed by atoms with van der Waals surface area (Å²) in [7, 11) is 1.74. The number of hydrogen-bond donors (Lipinski definition) is 0. The Morgan fingerprint density at radius 2 is 2.18 bits per heavy atom. The molecule has 1 fully saturated rings. The van der Waals surface area contributed by atoms with Crippen LogP contribution in [0, 0.1) is 5.41 Å². The third kappa shape index (κ3) is 1.67. The Labute approximate surface area is 104 Å². The number of nitrogens with zero attached hydrogens (tertiary/aromatic N) is 3. The molecule has 0 radical (unpaired) electrons. The summed E-state index contributed by atoms with van der Waals surface area (Å²) < 4.78 is 3.37. The minimum Gasteiger partial charge on any atom is -0.290 e. The van der Waals surface area contributed by atoms with Gasteiger partial charge >= 0.3 is 5.69 Å². The average molecular weight is 252 g/mol. The van der Waals surface area contributed by atoms with Crippen LogP contribution in [-0.2, 0) is 13.6 Å². The van der Waals surface area contributed by atoms with Crippen molar-refractivity contribution in [2.75, 3.05) is 0 Å². The van der Waals surface area contributed by atoms with Gasteiger partial charge in [0.2, 0.25) is 0 Å². The van der Waals surface area contributed by atoms with Gasteiger partial charge in [0.15, 0.2) is 5.65 Å². The molecule has 2 heterocycles. The first kappa shape index (κ1) is 10.8. The molecular weight excluding hydrogens is 238 g/mol. The van der Waals surface area contributed by atoms with E-state index in [0.717, 1.165) is 12.1 Å². The summed E-state index contributed by atoms with van der Waals surface area (Å²) in [6.45, 7) is 2.98. The van der Waals surface area contributed by atoms with E-state index in [2.05, 4.69) is 11.9 Å². The highest BCUT2D eigenvalue weighted by Gasteiger charge is 2.38. The van der Waals surface area contributed by atoms with Crippen molar-refractivity contribution in [1.29, 1.82) is 0 Å². The number of rotatable bonds is 2. The van der Waals surface area contributed by atoms with Crippen LogP contribution >= 0.6 is 11.6 Å². The molecule has 0 amide bonds. The predicted octanol–water partition coefficient (Wildman–Crippen LogP) is 2.19. The minimum absolute atomic E-state index is 0.0112. The number of halogens is 1. The maximum absolute atomic E-state index is 12.1. The van der Waals surface area contributed by atoms with E-state index in [1.54, 1.807) is 17.7 Å². The van der Waals surface area contributed by atoms with E-state index in [1.807, 2.05) is 10.6 Å². The van der Waals surface area contributed by atoms with E-state index in [1.165, 1.54) is 12.8 Å². The molecule has 0 spiro atoms. The van der Waals surface area contributed by atoms with Gasteiger partial charge in [0.25, 0.3) is 0 Å². The number of pyridine rings is 1. The largest absolute Gasteiger partial charge is 0.330 e. The second kappa shape index (κ2) is 3.35. The molecule has 1 aliphatic carbocycles. The van der Waals surface area contributed by atoms with Crippen molar-refractivity contribution < 1.29 is 0 Å². The number of imidazole rings is 1. The molecule has 1 saturated carbocycles. The lowest BCUT2D eigenvalue weighted by molar-refractivity contribution is 0.460. The normalized spacial score (nSPS) is 17.6. The summed E-state index contributed by atoms with van der Waals surface area (Å²) >= 11 is 5.86. The second-order valence-corrected chi connectivity index (χ2v) is 5.60. The van der Waals surface area contributed by atoms with Crippen LogP contribution in [-0.4, -0.2) is 14.1 Å². The molecule has 0 N–H and O–H groups in total. The summed E-state index contributed by atoms with van der Waals surface area (Å²) in [6, 6.07) is 3.60. The highest BCUT2D eigenvalue weighted by molar-refractivity contribution is 6.29. The van der Waals surface area contributed by atoms with Crippen molar-refractivity contribution in [2.24, 2.45) is 12.5 Å². The van der Waals surface area contributed by atoms with Crippen LogP contribution < -0.4 is 5.69 Å². The summed E-state index contributed by atoms with van der Waals surface area (Å²) in [5, 5.41) is 0.419. The quantitative estimate of drug-likeness (QED) is 0.768. The van der Waals surface area contributed by atoms with Crippen LogP contribution in [0.15, 0.2) is 16.9 Å². The zero-order valence-electron chi connectivity index (χ0n) is 9.90. The molecule has 0 aliphatic heterocycles. The molecule has 3 rings (SSSR count). The minimum atomic E-state index is -0.0112. The molecule has 90 valence electrons. The Morgan fingerprint density at radius 3 is 2.82 bits per heavy atom. The highest BCUT2D eigenvalue weighted by atomic mass is 35.5. The first-order valence-electron chi connectivity index (χ1n) is 5.72. The van der Waals surface area contributed by atoms with Crippen molar-refractivity contribution in [1.82, 2.24) is 14.1 Å². The van der Waals surface area contributed by atoms with E-state index in [0.29, 0.717) is 10.8 Å². The Morgan fingerprint density at radius 1 is 1.47 bits per heavy atom. The molecule has 4 nitrogen and oxygen atoms in total. The van der Waals surface area contributed by atoms with Crippen molar-refractivity contribution in [3.8, 4) is 0 Å². The van der Waals surface area contributed by atoms with Gasteiger partial charge in [-0.1, -0.05) is 18.5 Å². The molecule has 0 unspecified atom stereocenters. The van der Waals surface area contributed by atoms with Gasteiger partial charge in [0, 0.05) is 13.6 Å². The monoisotopic (exact) mass is 251 g/mol. The summed E-state index contributed by atoms with van der Waals surface area (Å²) in [5.41, 5.74) is 1.81. The fourth-order valence-corrected chi connectivity index (χ4v) is 2.30. The maximum Gasteiger partial charge on any atom is 0.330 e. The smallest absolute Gasteiger partial charge is 0.290 e. The van der Waals surface area contributed by atoms with Gasteiger partial charge in [-0.2, -0.15) is 0 Å². The molecule has 0 atom stereocenters. The average Bonchev–Trinajstić information content (AvgIpc) is 2.98. The predicted molar refractivity (Wildman–Crippen MR) is 67.3 cm³/mol. The van der Waals surface area contributed by atoms with E-state index in [9.17, 15) is 4.79 Å². The molecule has 2 aromatic heterocycles. The lowest BCUT2D eigenvalue weighted by Crippen LogP contribution is -2.25. The lowest BCUT2D eigenvalue weighted by atomic mass is 10.1. The van der Waals surface area contributed by atoms with E-state index in [-0.39, 0.29) is 11.1 Å². The topological polar surface area (TPSA) is 39.8 Å². The van der Waals surface area contributed by atoms with Crippen molar-refractivity contribution in [3.05, 3.63) is 27.8 Å². The van der Waals surface area contributed by atoms with E-state index < -0.39 is 0 Å². The van der Waals surface area contributed by atoms with Gasteiger partial charge in [0.05, 0.1) is 5.52 Å². The first-order valence-corrected chi connectivity index (χ1v) is 6.10. The van der Waals surface area contributed by atoms with Gasteiger partial charge in [-0.15, -0.1) is 0 Å². The van der Waals surface area contributed by atoms with Gasteiger partial charge in [0.1, 0.15) is 5.15 Å². The third-order valence-corrected chi connectivity index (χ3v) is 3.80. The van der Waals surface area contributed by atoms with Crippen molar-refractivity contribution in [2.45, 2.75) is 26.3 Å². The van der Waals surface area contributed by atoms with E-state index >= 15 is 0 Å². The molecule has 2 aromatic rings. The lowest BCUT2D eigenvalue weighted by Gasteiger charge is -2.08. The number of aromatic nitrogens is 3. The number of fused-ring (bicyclic) bond motifs is 1. The Kier molecular flexibility index (Phi) is 2.14. The second-order valence-electron chi connectivity index (χ2n) is 5.22. The fourth-order valence-electron chi connectivity index (χ4n) is 2.16. The first-order chi connectivity index (χ1) is 8.00.